The van der Waals surface area contributed by atoms with Crippen molar-refractivity contribution in [3.8, 4) is 11.3 Å². The second-order valence-corrected chi connectivity index (χ2v) is 6.08. The minimum absolute atomic E-state index is 0.409. The van der Waals surface area contributed by atoms with Crippen LogP contribution in [0.1, 0.15) is 11.1 Å². The topological polar surface area (TPSA) is 12.9 Å². The number of aromatic nitrogens is 1. The Morgan fingerprint density at radius 1 is 0.846 bits per heavy atom. The molecule has 0 aliphatic carbocycles. The third-order valence-electron chi connectivity index (χ3n) is 4.50. The average Bonchev–Trinajstić information content (AvgIpc) is 2.66. The number of pyridine rings is 1. The molecule has 0 saturated carbocycles. The fraction of sp³-hybridized carbons (Fsp3) is 0.0455. The lowest BCUT2D eigenvalue weighted by Crippen LogP contribution is -2.05. The molecule has 0 fully saturated rings. The summed E-state index contributed by atoms with van der Waals surface area (Å²) in [6, 6.07) is 17.6. The molecule has 4 rings (SSSR count). The Morgan fingerprint density at radius 2 is 1.62 bits per heavy atom. The first-order chi connectivity index (χ1) is 12.5. The molecule has 0 aliphatic rings. The third-order valence-corrected chi connectivity index (χ3v) is 4.50. The Hall–Kier alpha value is -3.14. The zero-order chi connectivity index (χ0) is 18.3. The van der Waals surface area contributed by atoms with Crippen LogP contribution in [0.4, 0.5) is 13.2 Å². The Kier molecular flexibility index (Phi) is 3.76. The Labute approximate surface area is 148 Å². The number of rotatable bonds is 2. The minimum Gasteiger partial charge on any atom is -0.256 e. The van der Waals surface area contributed by atoms with Gasteiger partial charge >= 0.3 is 6.18 Å². The Balaban J connectivity index is 1.94. The summed E-state index contributed by atoms with van der Waals surface area (Å²) in [7, 11) is 0. The molecule has 0 bridgehead atoms. The lowest BCUT2D eigenvalue weighted by molar-refractivity contribution is -0.137. The van der Waals surface area contributed by atoms with E-state index in [1.54, 1.807) is 6.20 Å². The molecule has 128 valence electrons. The van der Waals surface area contributed by atoms with Gasteiger partial charge in [0.05, 0.1) is 11.3 Å². The molecule has 0 radical (unpaired) electrons. The zero-order valence-electron chi connectivity index (χ0n) is 13.7. The van der Waals surface area contributed by atoms with E-state index < -0.39 is 11.7 Å². The molecule has 0 spiro atoms. The number of fused-ring (bicyclic) bond motifs is 3. The SMILES string of the molecule is C=Cc1cc(C(F)(F)F)ccc1-c1cc2c(ccc3ccccc32)cn1. The van der Waals surface area contributed by atoms with E-state index in [1.807, 2.05) is 42.5 Å². The van der Waals surface area contributed by atoms with Crippen LogP contribution in [0.25, 0.3) is 38.9 Å². The van der Waals surface area contributed by atoms with E-state index in [2.05, 4.69) is 11.6 Å². The summed E-state index contributed by atoms with van der Waals surface area (Å²) in [6.07, 6.45) is -1.20. The summed E-state index contributed by atoms with van der Waals surface area (Å²) in [5.41, 5.74) is 0.967. The van der Waals surface area contributed by atoms with Gasteiger partial charge in [-0.3, -0.25) is 4.98 Å². The maximum Gasteiger partial charge on any atom is 0.416 e. The summed E-state index contributed by atoms with van der Waals surface area (Å²) in [5.74, 6) is 0. The standard InChI is InChI=1S/C22H14F3N/c1-2-14-11-17(22(23,24)25)9-10-19(14)21-12-20-16(13-26-21)8-7-15-5-3-4-6-18(15)20/h2-13H,1H2. The fourth-order valence-electron chi connectivity index (χ4n) is 3.19. The van der Waals surface area contributed by atoms with E-state index in [9.17, 15) is 13.2 Å². The fourth-order valence-corrected chi connectivity index (χ4v) is 3.19. The predicted octanol–water partition coefficient (Wildman–Crippen LogP) is 6.72. The quantitative estimate of drug-likeness (QED) is 0.366. The number of hydrogen-bond acceptors (Lipinski definition) is 1. The molecule has 0 N–H and O–H groups in total. The number of alkyl halides is 3. The molecule has 0 unspecified atom stereocenters. The summed E-state index contributed by atoms with van der Waals surface area (Å²) in [4.78, 5) is 4.46. The van der Waals surface area contributed by atoms with Crippen LogP contribution in [-0.4, -0.2) is 4.98 Å². The second-order valence-electron chi connectivity index (χ2n) is 6.08. The first-order valence-corrected chi connectivity index (χ1v) is 8.09. The number of nitrogens with zero attached hydrogens (tertiary/aromatic N) is 1. The molecule has 0 saturated heterocycles. The lowest BCUT2D eigenvalue weighted by atomic mass is 9.97. The lowest BCUT2D eigenvalue weighted by Gasteiger charge is -2.12. The van der Waals surface area contributed by atoms with Crippen LogP contribution < -0.4 is 0 Å². The van der Waals surface area contributed by atoms with E-state index in [0.717, 1.165) is 33.7 Å². The van der Waals surface area contributed by atoms with Gasteiger partial charge in [0, 0.05) is 17.1 Å². The zero-order valence-corrected chi connectivity index (χ0v) is 13.7. The van der Waals surface area contributed by atoms with Crippen molar-refractivity contribution < 1.29 is 13.2 Å². The largest absolute Gasteiger partial charge is 0.416 e. The summed E-state index contributed by atoms with van der Waals surface area (Å²) in [5, 5.41) is 4.19. The number of benzene rings is 3. The maximum atomic E-state index is 13.0. The molecule has 4 aromatic rings. The number of hydrogen-bond donors (Lipinski definition) is 0. The van der Waals surface area contributed by atoms with Gasteiger partial charge in [0.25, 0.3) is 0 Å². The van der Waals surface area contributed by atoms with E-state index in [1.165, 1.54) is 12.1 Å². The van der Waals surface area contributed by atoms with Crippen LogP contribution >= 0.6 is 0 Å². The smallest absolute Gasteiger partial charge is 0.256 e. The number of halogens is 3. The van der Waals surface area contributed by atoms with Gasteiger partial charge in [-0.25, -0.2) is 0 Å². The van der Waals surface area contributed by atoms with E-state index in [0.29, 0.717) is 16.8 Å². The first kappa shape index (κ1) is 16.3. The van der Waals surface area contributed by atoms with Crippen LogP contribution in [-0.2, 0) is 6.18 Å². The van der Waals surface area contributed by atoms with Crippen LogP contribution in [0, 0.1) is 0 Å². The highest BCUT2D eigenvalue weighted by Crippen LogP contribution is 2.35. The normalized spacial score (nSPS) is 11.8. The molecule has 4 heteroatoms. The third kappa shape index (κ3) is 2.73. The Bertz CT molecular complexity index is 1140. The van der Waals surface area contributed by atoms with E-state index in [4.69, 9.17) is 0 Å². The van der Waals surface area contributed by atoms with Crippen molar-refractivity contribution in [3.05, 3.63) is 84.6 Å². The van der Waals surface area contributed by atoms with Crippen molar-refractivity contribution in [1.29, 1.82) is 0 Å². The van der Waals surface area contributed by atoms with Gasteiger partial charge in [-0.15, -0.1) is 0 Å². The van der Waals surface area contributed by atoms with Crippen LogP contribution in [0.15, 0.2) is 73.4 Å². The monoisotopic (exact) mass is 349 g/mol. The molecule has 0 aliphatic heterocycles. The summed E-state index contributed by atoms with van der Waals surface area (Å²) >= 11 is 0. The molecule has 1 aromatic heterocycles. The molecule has 3 aromatic carbocycles. The van der Waals surface area contributed by atoms with Gasteiger partial charge in [0.2, 0.25) is 0 Å². The van der Waals surface area contributed by atoms with Crippen molar-refractivity contribution in [2.45, 2.75) is 6.18 Å². The van der Waals surface area contributed by atoms with Crippen LogP contribution in [0.2, 0.25) is 0 Å². The predicted molar refractivity (Wildman–Crippen MR) is 99.8 cm³/mol. The van der Waals surface area contributed by atoms with Crippen molar-refractivity contribution >= 4 is 27.6 Å². The van der Waals surface area contributed by atoms with E-state index >= 15 is 0 Å². The molecule has 1 heterocycles. The molecular formula is C22H14F3N. The second kappa shape index (κ2) is 5.99. The highest BCUT2D eigenvalue weighted by Gasteiger charge is 2.30. The molecule has 0 amide bonds. The first-order valence-electron chi connectivity index (χ1n) is 8.09. The highest BCUT2D eigenvalue weighted by atomic mass is 19.4. The van der Waals surface area contributed by atoms with Gasteiger partial charge in [0.15, 0.2) is 0 Å². The van der Waals surface area contributed by atoms with Crippen molar-refractivity contribution in [2.75, 3.05) is 0 Å². The van der Waals surface area contributed by atoms with Gasteiger partial charge < -0.3 is 0 Å². The van der Waals surface area contributed by atoms with Crippen LogP contribution in [0.5, 0.6) is 0 Å². The van der Waals surface area contributed by atoms with Gasteiger partial charge in [-0.1, -0.05) is 55.1 Å². The summed E-state index contributed by atoms with van der Waals surface area (Å²) in [6.45, 7) is 3.66. The van der Waals surface area contributed by atoms with Crippen molar-refractivity contribution in [1.82, 2.24) is 4.98 Å². The van der Waals surface area contributed by atoms with Gasteiger partial charge in [-0.05, 0) is 39.9 Å². The average molecular weight is 349 g/mol. The maximum absolute atomic E-state index is 13.0. The minimum atomic E-state index is -4.39. The van der Waals surface area contributed by atoms with Crippen molar-refractivity contribution in [3.63, 3.8) is 0 Å². The van der Waals surface area contributed by atoms with Gasteiger partial charge in [-0.2, -0.15) is 13.2 Å². The Morgan fingerprint density at radius 3 is 2.38 bits per heavy atom. The molecule has 26 heavy (non-hydrogen) atoms. The summed E-state index contributed by atoms with van der Waals surface area (Å²) < 4.78 is 38.9. The van der Waals surface area contributed by atoms with E-state index in [-0.39, 0.29) is 0 Å². The molecule has 0 atom stereocenters. The van der Waals surface area contributed by atoms with Crippen molar-refractivity contribution in [2.24, 2.45) is 0 Å². The molecule has 1 nitrogen and oxygen atoms in total. The molecular weight excluding hydrogens is 335 g/mol. The van der Waals surface area contributed by atoms with Gasteiger partial charge in [0.1, 0.15) is 0 Å². The van der Waals surface area contributed by atoms with Crippen LogP contribution in [0.3, 0.4) is 0 Å². The highest BCUT2D eigenvalue weighted by molar-refractivity contribution is 6.08.